The van der Waals surface area contributed by atoms with E-state index in [1.807, 2.05) is 0 Å². The highest BCUT2D eigenvalue weighted by atomic mass is 19.1. The summed E-state index contributed by atoms with van der Waals surface area (Å²) < 4.78 is 19.8. The number of carboxylic acids is 1. The van der Waals surface area contributed by atoms with Gasteiger partial charge in [0.25, 0.3) is 11.8 Å². The molecule has 0 bridgehead atoms. The zero-order chi connectivity index (χ0) is 25.6. The number of carbonyl (C=O) groups excluding carboxylic acids is 2. The maximum absolute atomic E-state index is 14.6. The van der Waals surface area contributed by atoms with Crippen molar-refractivity contribution in [3.8, 4) is 5.75 Å². The molecule has 0 radical (unpaired) electrons. The van der Waals surface area contributed by atoms with Gasteiger partial charge in [-0.25, -0.2) is 19.1 Å². The van der Waals surface area contributed by atoms with E-state index in [0.717, 1.165) is 4.90 Å². The van der Waals surface area contributed by atoms with Crippen molar-refractivity contribution in [2.24, 2.45) is 0 Å². The predicted octanol–water partition coefficient (Wildman–Crippen LogP) is 4.67. The number of halogens is 1. The van der Waals surface area contributed by atoms with Crippen LogP contribution in [0, 0.1) is 5.82 Å². The molecule has 1 aliphatic heterocycles. The van der Waals surface area contributed by atoms with Crippen molar-refractivity contribution in [2.75, 3.05) is 29.7 Å². The first-order valence-electron chi connectivity index (χ1n) is 10.8. The summed E-state index contributed by atoms with van der Waals surface area (Å²) in [6, 6.07) is 14.8. The number of benzene rings is 3. The van der Waals surface area contributed by atoms with Gasteiger partial charge in [-0.05, 0) is 48.5 Å². The second-order valence-corrected chi connectivity index (χ2v) is 7.96. The highest BCUT2D eigenvalue weighted by molar-refractivity contribution is 6.37. The number of pyridine rings is 1. The third-order valence-corrected chi connectivity index (χ3v) is 5.86. The lowest BCUT2D eigenvalue weighted by Crippen LogP contribution is -2.29. The van der Waals surface area contributed by atoms with Crippen LogP contribution in [-0.4, -0.2) is 42.0 Å². The molecule has 3 N–H and O–H groups in total. The lowest BCUT2D eigenvalue weighted by atomic mass is 10.0. The number of ether oxygens (including phenoxy) is 1. The number of imide groups is 1. The van der Waals surface area contributed by atoms with E-state index in [1.165, 1.54) is 43.5 Å². The number of anilines is 4. The summed E-state index contributed by atoms with van der Waals surface area (Å²) in [5.74, 6) is -2.49. The van der Waals surface area contributed by atoms with E-state index in [0.29, 0.717) is 28.0 Å². The minimum Gasteiger partial charge on any atom is -0.497 e. The number of fused-ring (bicyclic) bond motifs is 2. The number of nitrogens with one attached hydrogen (secondary N) is 2. The Labute approximate surface area is 204 Å². The van der Waals surface area contributed by atoms with E-state index in [4.69, 9.17) is 9.84 Å². The Morgan fingerprint density at radius 2 is 1.81 bits per heavy atom. The maximum Gasteiger partial charge on any atom is 0.335 e. The molecule has 0 fully saturated rings. The van der Waals surface area contributed by atoms with Gasteiger partial charge in [0.05, 0.1) is 40.8 Å². The number of aromatic nitrogens is 1. The fourth-order valence-corrected chi connectivity index (χ4v) is 4.16. The fourth-order valence-electron chi connectivity index (χ4n) is 4.16. The average molecular weight is 486 g/mol. The quantitative estimate of drug-likeness (QED) is 0.337. The molecule has 1 aromatic heterocycles. The van der Waals surface area contributed by atoms with Crippen LogP contribution in [-0.2, 0) is 0 Å². The maximum atomic E-state index is 14.6. The molecular weight excluding hydrogens is 467 g/mol. The summed E-state index contributed by atoms with van der Waals surface area (Å²) in [6.07, 6.45) is 0. The summed E-state index contributed by atoms with van der Waals surface area (Å²) in [5.41, 5.74) is 1.45. The van der Waals surface area contributed by atoms with E-state index in [2.05, 4.69) is 15.6 Å². The van der Waals surface area contributed by atoms with Crippen molar-refractivity contribution in [3.63, 3.8) is 0 Å². The fraction of sp³-hybridized carbons (Fsp3) is 0.0769. The van der Waals surface area contributed by atoms with E-state index >= 15 is 0 Å². The van der Waals surface area contributed by atoms with Crippen molar-refractivity contribution >= 4 is 51.4 Å². The number of carbonyl (C=O) groups is 3. The van der Waals surface area contributed by atoms with Gasteiger partial charge in [0.15, 0.2) is 0 Å². The van der Waals surface area contributed by atoms with Gasteiger partial charge >= 0.3 is 5.97 Å². The average Bonchev–Trinajstić information content (AvgIpc) is 3.13. The van der Waals surface area contributed by atoms with Gasteiger partial charge in [0.2, 0.25) is 0 Å². The zero-order valence-corrected chi connectivity index (χ0v) is 19.1. The highest BCUT2D eigenvalue weighted by Gasteiger charge is 2.41. The van der Waals surface area contributed by atoms with Crippen LogP contribution in [0.4, 0.5) is 27.1 Å². The number of amides is 2. The Hall–Kier alpha value is -4.99. The summed E-state index contributed by atoms with van der Waals surface area (Å²) in [7, 11) is 3.12. The lowest BCUT2D eigenvalue weighted by molar-refractivity contribution is 0.0696. The number of hydrogen-bond acceptors (Lipinski definition) is 7. The number of aromatic carboxylic acids is 1. The van der Waals surface area contributed by atoms with Crippen molar-refractivity contribution < 1.29 is 28.6 Å². The molecule has 1 aliphatic rings. The van der Waals surface area contributed by atoms with Crippen LogP contribution in [0.1, 0.15) is 31.2 Å². The summed E-state index contributed by atoms with van der Waals surface area (Å²) in [5, 5.41) is 15.5. The molecule has 2 heterocycles. The number of methoxy groups -OCH3 is 1. The van der Waals surface area contributed by atoms with Gasteiger partial charge in [-0.15, -0.1) is 0 Å². The summed E-state index contributed by atoms with van der Waals surface area (Å²) >= 11 is 0. The molecule has 10 heteroatoms. The van der Waals surface area contributed by atoms with Crippen LogP contribution in [0.15, 0.2) is 60.7 Å². The minimum absolute atomic E-state index is 0.00809. The highest BCUT2D eigenvalue weighted by Crippen LogP contribution is 2.40. The molecule has 0 unspecified atom stereocenters. The van der Waals surface area contributed by atoms with Gasteiger partial charge in [0, 0.05) is 24.2 Å². The molecule has 4 aromatic rings. The first-order chi connectivity index (χ1) is 17.3. The molecule has 0 saturated heterocycles. The van der Waals surface area contributed by atoms with Gasteiger partial charge < -0.3 is 20.5 Å². The molecule has 36 heavy (non-hydrogen) atoms. The van der Waals surface area contributed by atoms with Crippen molar-refractivity contribution in [1.82, 2.24) is 4.98 Å². The van der Waals surface area contributed by atoms with Gasteiger partial charge in [-0.2, -0.15) is 0 Å². The van der Waals surface area contributed by atoms with E-state index in [-0.39, 0.29) is 28.2 Å². The van der Waals surface area contributed by atoms with Crippen LogP contribution in [0.5, 0.6) is 5.75 Å². The van der Waals surface area contributed by atoms with Crippen molar-refractivity contribution in [2.45, 2.75) is 0 Å². The van der Waals surface area contributed by atoms with E-state index in [9.17, 15) is 18.8 Å². The number of hydrogen-bond donors (Lipinski definition) is 3. The monoisotopic (exact) mass is 486 g/mol. The predicted molar refractivity (Wildman–Crippen MR) is 132 cm³/mol. The third-order valence-electron chi connectivity index (χ3n) is 5.86. The second-order valence-electron chi connectivity index (χ2n) is 7.96. The Balaban J connectivity index is 1.73. The SMILES string of the molecule is CNc1cc(F)cc2c(Nc3cccc(OC)c3)c3c(nc12)C(=O)N(c1ccc(C(=O)O)cc1)C3=O. The topological polar surface area (TPSA) is 121 Å². The van der Waals surface area contributed by atoms with Crippen LogP contribution in [0.3, 0.4) is 0 Å². The molecule has 9 nitrogen and oxygen atoms in total. The lowest BCUT2D eigenvalue weighted by Gasteiger charge is -2.16. The smallest absolute Gasteiger partial charge is 0.335 e. The Kier molecular flexibility index (Phi) is 5.48. The number of carboxylic acid groups (broad SMARTS) is 1. The van der Waals surface area contributed by atoms with Crippen molar-refractivity contribution in [1.29, 1.82) is 0 Å². The van der Waals surface area contributed by atoms with Gasteiger partial charge in [0.1, 0.15) is 17.3 Å². The van der Waals surface area contributed by atoms with Crippen molar-refractivity contribution in [3.05, 3.63) is 83.3 Å². The van der Waals surface area contributed by atoms with Crippen LogP contribution < -0.4 is 20.3 Å². The zero-order valence-electron chi connectivity index (χ0n) is 19.1. The Morgan fingerprint density at radius 1 is 1.06 bits per heavy atom. The van der Waals surface area contributed by atoms with E-state index in [1.54, 1.807) is 31.3 Å². The Bertz CT molecular complexity index is 1570. The molecule has 0 atom stereocenters. The third kappa shape index (κ3) is 3.65. The Morgan fingerprint density at radius 3 is 2.47 bits per heavy atom. The van der Waals surface area contributed by atoms with E-state index < -0.39 is 23.6 Å². The van der Waals surface area contributed by atoms with Gasteiger partial charge in [-0.3, -0.25) is 9.59 Å². The summed E-state index contributed by atoms with van der Waals surface area (Å²) in [6.45, 7) is 0. The molecule has 180 valence electrons. The summed E-state index contributed by atoms with van der Waals surface area (Å²) in [4.78, 5) is 43.6. The molecule has 0 saturated carbocycles. The molecule has 0 spiro atoms. The largest absolute Gasteiger partial charge is 0.497 e. The first-order valence-corrected chi connectivity index (χ1v) is 10.8. The number of nitrogens with zero attached hydrogens (tertiary/aromatic N) is 2. The normalized spacial score (nSPS) is 12.6. The van der Waals surface area contributed by atoms with Crippen LogP contribution >= 0.6 is 0 Å². The molecule has 2 amide bonds. The standard InChI is InChI=1S/C26H19FN4O5/c1-28-19-11-14(27)10-18-21(19)30-23-20(22(18)29-15-4-3-5-17(12-15)36-2)24(32)31(25(23)33)16-8-6-13(7-9-16)26(34)35/h3-12,28H,1-2H3,(H,29,30)(H,34,35). The van der Waals surface area contributed by atoms with Crippen LogP contribution in [0.2, 0.25) is 0 Å². The molecule has 3 aromatic carbocycles. The molecule has 0 aliphatic carbocycles. The number of rotatable bonds is 6. The second kappa shape index (κ2) is 8.66. The first kappa shape index (κ1) is 22.8. The molecule has 5 rings (SSSR count). The van der Waals surface area contributed by atoms with Gasteiger partial charge in [-0.1, -0.05) is 6.07 Å². The van der Waals surface area contributed by atoms with Crippen LogP contribution in [0.25, 0.3) is 10.9 Å². The molecular formula is C26H19FN4O5. The minimum atomic E-state index is -1.14.